The summed E-state index contributed by atoms with van der Waals surface area (Å²) in [6, 6.07) is 22.1. The highest BCUT2D eigenvalue weighted by Crippen LogP contribution is 2.34. The van der Waals surface area contributed by atoms with Crippen LogP contribution < -0.4 is 19.1 Å². The molecule has 0 saturated heterocycles. The molecule has 3 aromatic carbocycles. The fraction of sp³-hybridized carbons (Fsp3) is 0.185. The molecule has 0 saturated carbocycles. The predicted octanol–water partition coefficient (Wildman–Crippen LogP) is 4.79. The van der Waals surface area contributed by atoms with Gasteiger partial charge in [-0.3, -0.25) is 9.59 Å². The molecule has 1 amide bonds. The number of rotatable bonds is 8. The molecule has 0 radical (unpaired) electrons. The first-order valence-corrected chi connectivity index (χ1v) is 10.8. The number of amides is 1. The van der Waals surface area contributed by atoms with Crippen molar-refractivity contribution in [2.45, 2.75) is 6.92 Å². The Hall–Kier alpha value is -4.06. The van der Waals surface area contributed by atoms with Gasteiger partial charge in [0.1, 0.15) is 19.0 Å². The van der Waals surface area contributed by atoms with Crippen LogP contribution in [-0.2, 0) is 4.79 Å². The SMILES string of the molecule is CC(=O)c1cccc(OCC(=O)N(C/C=C/c2ccccc2)c2ccc3c(c2)OCCO3)c1. The zero-order chi connectivity index (χ0) is 23.0. The molecular weight excluding hydrogens is 418 g/mol. The van der Waals surface area contributed by atoms with Crippen LogP contribution in [0, 0.1) is 0 Å². The molecule has 3 aromatic rings. The zero-order valence-electron chi connectivity index (χ0n) is 18.4. The largest absolute Gasteiger partial charge is 0.486 e. The van der Waals surface area contributed by atoms with Gasteiger partial charge in [0, 0.05) is 23.9 Å². The molecule has 168 valence electrons. The number of ketones is 1. The van der Waals surface area contributed by atoms with Crippen molar-refractivity contribution in [2.24, 2.45) is 0 Å². The summed E-state index contributed by atoms with van der Waals surface area (Å²) >= 11 is 0. The van der Waals surface area contributed by atoms with Gasteiger partial charge in [-0.05, 0) is 36.8 Å². The number of carbonyl (C=O) groups is 2. The van der Waals surface area contributed by atoms with Crippen LogP contribution >= 0.6 is 0 Å². The molecule has 1 heterocycles. The molecule has 0 spiro atoms. The maximum absolute atomic E-state index is 13.2. The molecule has 6 heteroatoms. The van der Waals surface area contributed by atoms with E-state index in [1.165, 1.54) is 6.92 Å². The van der Waals surface area contributed by atoms with E-state index in [0.717, 1.165) is 5.56 Å². The van der Waals surface area contributed by atoms with Crippen LogP contribution in [0.2, 0.25) is 0 Å². The Bertz CT molecular complexity index is 1160. The minimum absolute atomic E-state index is 0.0595. The summed E-state index contributed by atoms with van der Waals surface area (Å²) in [6.45, 7) is 2.64. The van der Waals surface area contributed by atoms with Crippen LogP contribution in [0.3, 0.4) is 0 Å². The molecule has 0 aromatic heterocycles. The van der Waals surface area contributed by atoms with Gasteiger partial charge in [-0.2, -0.15) is 0 Å². The van der Waals surface area contributed by atoms with Crippen molar-refractivity contribution in [3.63, 3.8) is 0 Å². The topological polar surface area (TPSA) is 65.1 Å². The van der Waals surface area contributed by atoms with Gasteiger partial charge in [-0.15, -0.1) is 0 Å². The molecule has 0 atom stereocenters. The summed E-state index contributed by atoms with van der Waals surface area (Å²) in [5.74, 6) is 1.46. The van der Waals surface area contributed by atoms with Gasteiger partial charge < -0.3 is 19.1 Å². The molecule has 33 heavy (non-hydrogen) atoms. The number of hydrogen-bond donors (Lipinski definition) is 0. The first kappa shape index (κ1) is 22.1. The first-order chi connectivity index (χ1) is 16.1. The van der Waals surface area contributed by atoms with Crippen molar-refractivity contribution in [3.8, 4) is 17.2 Å². The summed E-state index contributed by atoms with van der Waals surface area (Å²) < 4.78 is 17.0. The number of benzene rings is 3. The van der Waals surface area contributed by atoms with Gasteiger partial charge in [0.2, 0.25) is 0 Å². The average Bonchev–Trinajstić information content (AvgIpc) is 2.85. The summed E-state index contributed by atoms with van der Waals surface area (Å²) in [5, 5.41) is 0. The van der Waals surface area contributed by atoms with Crippen molar-refractivity contribution in [1.29, 1.82) is 0 Å². The second-order valence-electron chi connectivity index (χ2n) is 7.52. The van der Waals surface area contributed by atoms with E-state index in [1.807, 2.05) is 54.6 Å². The minimum Gasteiger partial charge on any atom is -0.486 e. The average molecular weight is 443 g/mol. The van der Waals surface area contributed by atoms with Gasteiger partial charge in [0.05, 0.1) is 0 Å². The number of fused-ring (bicyclic) bond motifs is 1. The smallest absolute Gasteiger partial charge is 0.265 e. The third-order valence-electron chi connectivity index (χ3n) is 5.14. The molecule has 1 aliphatic rings. The summed E-state index contributed by atoms with van der Waals surface area (Å²) in [5.41, 5.74) is 2.27. The van der Waals surface area contributed by atoms with E-state index in [-0.39, 0.29) is 18.3 Å². The Morgan fingerprint density at radius 2 is 1.73 bits per heavy atom. The Kier molecular flexibility index (Phi) is 7.05. The number of anilines is 1. The lowest BCUT2D eigenvalue weighted by Gasteiger charge is -2.24. The number of nitrogens with zero attached hydrogens (tertiary/aromatic N) is 1. The molecule has 0 aliphatic carbocycles. The Labute approximate surface area is 193 Å². The van der Waals surface area contributed by atoms with E-state index < -0.39 is 0 Å². The molecule has 0 fully saturated rings. The Morgan fingerprint density at radius 1 is 0.939 bits per heavy atom. The maximum atomic E-state index is 13.2. The van der Waals surface area contributed by atoms with Crippen molar-refractivity contribution in [3.05, 3.63) is 90.0 Å². The fourth-order valence-corrected chi connectivity index (χ4v) is 3.44. The third-order valence-corrected chi connectivity index (χ3v) is 5.14. The fourth-order valence-electron chi connectivity index (χ4n) is 3.44. The Balaban J connectivity index is 1.52. The van der Waals surface area contributed by atoms with Crippen molar-refractivity contribution in [1.82, 2.24) is 0 Å². The predicted molar refractivity (Wildman–Crippen MR) is 127 cm³/mol. The monoisotopic (exact) mass is 443 g/mol. The van der Waals surface area contributed by atoms with Gasteiger partial charge in [0.25, 0.3) is 5.91 Å². The molecule has 1 aliphatic heterocycles. The molecule has 4 rings (SSSR count). The lowest BCUT2D eigenvalue weighted by atomic mass is 10.1. The van der Waals surface area contributed by atoms with Crippen LogP contribution in [0.4, 0.5) is 5.69 Å². The van der Waals surface area contributed by atoms with Crippen molar-refractivity contribution < 1.29 is 23.8 Å². The highest BCUT2D eigenvalue weighted by Gasteiger charge is 2.19. The van der Waals surface area contributed by atoms with Crippen LogP contribution in [0.1, 0.15) is 22.8 Å². The number of ether oxygens (including phenoxy) is 3. The van der Waals surface area contributed by atoms with E-state index in [0.29, 0.717) is 48.3 Å². The van der Waals surface area contributed by atoms with E-state index >= 15 is 0 Å². The molecule has 0 N–H and O–H groups in total. The minimum atomic E-state index is -0.224. The van der Waals surface area contributed by atoms with Gasteiger partial charge in [-0.1, -0.05) is 54.6 Å². The lowest BCUT2D eigenvalue weighted by Crippen LogP contribution is -2.35. The standard InChI is InChI=1S/C27H25NO5/c1-20(29)22-10-5-11-24(17-22)33-19-27(30)28(14-6-9-21-7-3-2-4-8-21)23-12-13-25-26(18-23)32-16-15-31-25/h2-13,17-18H,14-16,19H2,1H3/b9-6+. The quantitative estimate of drug-likeness (QED) is 0.469. The van der Waals surface area contributed by atoms with Crippen LogP contribution in [0.5, 0.6) is 17.2 Å². The highest BCUT2D eigenvalue weighted by molar-refractivity contribution is 5.96. The number of hydrogen-bond acceptors (Lipinski definition) is 5. The highest BCUT2D eigenvalue weighted by atomic mass is 16.6. The molecule has 0 bridgehead atoms. The van der Waals surface area contributed by atoms with Gasteiger partial charge in [-0.25, -0.2) is 0 Å². The van der Waals surface area contributed by atoms with Gasteiger partial charge >= 0.3 is 0 Å². The van der Waals surface area contributed by atoms with Crippen molar-refractivity contribution in [2.75, 3.05) is 31.3 Å². The normalized spacial score (nSPS) is 12.4. The third kappa shape index (κ3) is 5.80. The zero-order valence-corrected chi connectivity index (χ0v) is 18.4. The molecular formula is C27H25NO5. The van der Waals surface area contributed by atoms with E-state index in [4.69, 9.17) is 14.2 Å². The second-order valence-corrected chi connectivity index (χ2v) is 7.52. The Morgan fingerprint density at radius 3 is 2.52 bits per heavy atom. The van der Waals surface area contributed by atoms with Crippen LogP contribution in [-0.4, -0.2) is 38.1 Å². The van der Waals surface area contributed by atoms with E-state index in [9.17, 15) is 9.59 Å². The van der Waals surface area contributed by atoms with Crippen LogP contribution in [0.15, 0.2) is 78.9 Å². The maximum Gasteiger partial charge on any atom is 0.265 e. The van der Waals surface area contributed by atoms with Gasteiger partial charge in [0.15, 0.2) is 23.9 Å². The molecule has 0 unspecified atom stereocenters. The number of Topliss-reactive ketones (excluding diaryl/α,β-unsaturated/α-hetero) is 1. The summed E-state index contributed by atoms with van der Waals surface area (Å²) in [6.07, 6.45) is 3.90. The lowest BCUT2D eigenvalue weighted by molar-refractivity contribution is -0.120. The number of carbonyl (C=O) groups excluding carboxylic acids is 2. The van der Waals surface area contributed by atoms with E-state index in [2.05, 4.69) is 0 Å². The molecule has 6 nitrogen and oxygen atoms in total. The van der Waals surface area contributed by atoms with E-state index in [1.54, 1.807) is 35.2 Å². The van der Waals surface area contributed by atoms with Crippen molar-refractivity contribution >= 4 is 23.5 Å². The van der Waals surface area contributed by atoms with Crippen LogP contribution in [0.25, 0.3) is 6.08 Å². The summed E-state index contributed by atoms with van der Waals surface area (Å²) in [4.78, 5) is 26.4. The second kappa shape index (κ2) is 10.5. The first-order valence-electron chi connectivity index (χ1n) is 10.8. The summed E-state index contributed by atoms with van der Waals surface area (Å²) in [7, 11) is 0.